The molecule has 1 aliphatic rings. The van der Waals surface area contributed by atoms with Crippen LogP contribution in [0.4, 0.5) is 4.39 Å². The Hall–Kier alpha value is -1.90. The van der Waals surface area contributed by atoms with Crippen LogP contribution in [0.2, 0.25) is 0 Å². The summed E-state index contributed by atoms with van der Waals surface area (Å²) in [6, 6.07) is 6.64. The number of hydrogen-bond acceptors (Lipinski definition) is 2. The number of carbonyl (C=O) groups is 1. The third-order valence-corrected chi connectivity index (χ3v) is 3.47. The van der Waals surface area contributed by atoms with Crippen LogP contribution >= 0.6 is 0 Å². The smallest absolute Gasteiger partial charge is 0.170 e. The zero-order valence-corrected chi connectivity index (χ0v) is 11.0. The fourth-order valence-corrected chi connectivity index (χ4v) is 2.69. The number of halogens is 1. The van der Waals surface area contributed by atoms with Crippen molar-refractivity contribution in [3.8, 4) is 0 Å². The molecule has 0 aliphatic heterocycles. The number of hydrogen-bond donors (Lipinski definition) is 0. The summed E-state index contributed by atoms with van der Waals surface area (Å²) in [5.74, 6) is 0.333. The second kappa shape index (κ2) is 4.05. The first-order valence-electron chi connectivity index (χ1n) is 6.36. The lowest BCUT2D eigenvalue weighted by molar-refractivity contribution is -0.116. The van der Waals surface area contributed by atoms with Crippen molar-refractivity contribution in [2.75, 3.05) is 0 Å². The Morgan fingerprint density at radius 2 is 2.05 bits per heavy atom. The minimum Gasteiger partial charge on any atom is -0.453 e. The fourth-order valence-electron chi connectivity index (χ4n) is 2.69. The van der Waals surface area contributed by atoms with Crippen LogP contribution in [0.15, 0.2) is 34.8 Å². The van der Waals surface area contributed by atoms with Gasteiger partial charge < -0.3 is 4.42 Å². The molecule has 0 saturated carbocycles. The molecule has 0 N–H and O–H groups in total. The molecule has 1 heterocycles. The predicted octanol–water partition coefficient (Wildman–Crippen LogP) is 4.34. The number of carbonyl (C=O) groups excluding carboxylic acids is 1. The molecule has 0 bridgehead atoms. The van der Waals surface area contributed by atoms with Gasteiger partial charge in [-0.1, -0.05) is 26.0 Å². The molecule has 2 aromatic rings. The largest absolute Gasteiger partial charge is 0.453 e. The highest BCUT2D eigenvalue weighted by atomic mass is 19.1. The lowest BCUT2D eigenvalue weighted by Crippen LogP contribution is -2.21. The number of allylic oxidation sites excluding steroid dienone is 2. The summed E-state index contributed by atoms with van der Waals surface area (Å²) in [6.07, 6.45) is 2.94. The minimum absolute atomic E-state index is 0.0707. The number of furan rings is 1. The highest BCUT2D eigenvalue weighted by Gasteiger charge is 2.29. The Morgan fingerprint density at radius 1 is 1.26 bits per heavy atom. The van der Waals surface area contributed by atoms with Crippen LogP contribution in [-0.4, -0.2) is 5.78 Å². The highest BCUT2D eigenvalue weighted by Crippen LogP contribution is 2.39. The molecule has 1 aliphatic carbocycles. The molecule has 19 heavy (non-hydrogen) atoms. The molecule has 0 fully saturated rings. The summed E-state index contributed by atoms with van der Waals surface area (Å²) in [5.41, 5.74) is 1.05. The maximum atomic E-state index is 13.6. The van der Waals surface area contributed by atoms with Crippen LogP contribution in [0.3, 0.4) is 0 Å². The van der Waals surface area contributed by atoms with Crippen LogP contribution in [0.5, 0.6) is 0 Å². The highest BCUT2D eigenvalue weighted by molar-refractivity contribution is 5.99. The van der Waals surface area contributed by atoms with Gasteiger partial charge in [0.1, 0.15) is 5.76 Å². The summed E-state index contributed by atoms with van der Waals surface area (Å²) in [4.78, 5) is 11.8. The van der Waals surface area contributed by atoms with Crippen molar-refractivity contribution in [2.24, 2.45) is 5.41 Å². The molecule has 1 aromatic carbocycles. The maximum absolute atomic E-state index is 13.6. The third kappa shape index (κ3) is 2.21. The van der Waals surface area contributed by atoms with Gasteiger partial charge in [-0.2, -0.15) is 0 Å². The number of benzene rings is 1. The molecule has 3 rings (SSSR count). The van der Waals surface area contributed by atoms with Gasteiger partial charge in [0.25, 0.3) is 0 Å². The molecular formula is C16H15FO2. The second-order valence-electron chi connectivity index (χ2n) is 5.92. The first-order chi connectivity index (χ1) is 8.94. The van der Waals surface area contributed by atoms with Gasteiger partial charge in [0.15, 0.2) is 17.2 Å². The Bertz CT molecular complexity index is 692. The van der Waals surface area contributed by atoms with Crippen LogP contribution in [0.25, 0.3) is 16.5 Å². The van der Waals surface area contributed by atoms with E-state index >= 15 is 0 Å². The summed E-state index contributed by atoms with van der Waals surface area (Å²) < 4.78 is 19.2. The molecule has 0 saturated heterocycles. The molecule has 0 radical (unpaired) electrons. The Kier molecular flexibility index (Phi) is 2.59. The third-order valence-electron chi connectivity index (χ3n) is 3.47. The van der Waals surface area contributed by atoms with Crippen molar-refractivity contribution in [2.45, 2.75) is 26.7 Å². The standard InChI is InChI=1S/C16H15FO2/c1-16(2)8-11(6-12(18)9-16)14-7-10-4-3-5-13(17)15(10)19-14/h3-7H,8-9H2,1-2H3. The molecule has 3 heteroatoms. The monoisotopic (exact) mass is 258 g/mol. The SMILES string of the molecule is CC1(C)CC(=O)C=C(c2cc3cccc(F)c3o2)C1. The molecule has 0 atom stereocenters. The number of ketones is 1. The van der Waals surface area contributed by atoms with Crippen LogP contribution in [0.1, 0.15) is 32.4 Å². The average molecular weight is 258 g/mol. The molecule has 0 amide bonds. The van der Waals surface area contributed by atoms with Gasteiger partial charge in [-0.3, -0.25) is 4.79 Å². The van der Waals surface area contributed by atoms with Crippen molar-refractivity contribution in [1.29, 1.82) is 0 Å². The van der Waals surface area contributed by atoms with Crippen molar-refractivity contribution < 1.29 is 13.6 Å². The van der Waals surface area contributed by atoms with E-state index in [2.05, 4.69) is 13.8 Å². The van der Waals surface area contributed by atoms with E-state index in [1.807, 2.05) is 6.07 Å². The van der Waals surface area contributed by atoms with E-state index < -0.39 is 0 Å². The van der Waals surface area contributed by atoms with Crippen molar-refractivity contribution in [1.82, 2.24) is 0 Å². The number of rotatable bonds is 1. The zero-order chi connectivity index (χ0) is 13.6. The molecule has 1 aromatic heterocycles. The van der Waals surface area contributed by atoms with Crippen molar-refractivity contribution in [3.05, 3.63) is 41.9 Å². The molecular weight excluding hydrogens is 243 g/mol. The number of para-hydroxylation sites is 1. The van der Waals surface area contributed by atoms with E-state index in [0.717, 1.165) is 17.4 Å². The Balaban J connectivity index is 2.10. The van der Waals surface area contributed by atoms with Crippen molar-refractivity contribution >= 4 is 22.3 Å². The first-order valence-corrected chi connectivity index (χ1v) is 6.36. The second-order valence-corrected chi connectivity index (χ2v) is 5.92. The van der Waals surface area contributed by atoms with Gasteiger partial charge >= 0.3 is 0 Å². The van der Waals surface area contributed by atoms with Gasteiger partial charge in [0.2, 0.25) is 0 Å². The van der Waals surface area contributed by atoms with E-state index in [0.29, 0.717) is 12.2 Å². The van der Waals surface area contributed by atoms with Gasteiger partial charge in [-0.05, 0) is 35.6 Å². The van der Waals surface area contributed by atoms with E-state index in [1.54, 1.807) is 18.2 Å². The summed E-state index contributed by atoms with van der Waals surface area (Å²) in [5, 5.41) is 0.728. The normalized spacial score (nSPS) is 18.7. The molecule has 98 valence electrons. The zero-order valence-electron chi connectivity index (χ0n) is 11.0. The van der Waals surface area contributed by atoms with E-state index in [1.165, 1.54) is 6.07 Å². The quantitative estimate of drug-likeness (QED) is 0.761. The minimum atomic E-state index is -0.370. The van der Waals surface area contributed by atoms with Crippen LogP contribution < -0.4 is 0 Å². The lowest BCUT2D eigenvalue weighted by atomic mass is 9.76. The first kappa shape index (κ1) is 12.2. The summed E-state index contributed by atoms with van der Waals surface area (Å²) >= 11 is 0. The maximum Gasteiger partial charge on any atom is 0.170 e. The molecule has 2 nitrogen and oxygen atoms in total. The van der Waals surface area contributed by atoms with Crippen LogP contribution in [0, 0.1) is 11.2 Å². The van der Waals surface area contributed by atoms with E-state index in [9.17, 15) is 9.18 Å². The van der Waals surface area contributed by atoms with E-state index in [4.69, 9.17) is 4.42 Å². The average Bonchev–Trinajstić information content (AvgIpc) is 2.71. The lowest BCUT2D eigenvalue weighted by Gasteiger charge is -2.27. The van der Waals surface area contributed by atoms with Crippen molar-refractivity contribution in [3.63, 3.8) is 0 Å². The fraction of sp³-hybridized carbons (Fsp3) is 0.312. The Morgan fingerprint density at radius 3 is 2.74 bits per heavy atom. The summed E-state index contributed by atoms with van der Waals surface area (Å²) in [7, 11) is 0. The Labute approximate surface area is 110 Å². The van der Waals surface area contributed by atoms with E-state index in [-0.39, 0.29) is 22.6 Å². The van der Waals surface area contributed by atoms with Gasteiger partial charge in [0, 0.05) is 11.8 Å². The predicted molar refractivity (Wildman–Crippen MR) is 72.2 cm³/mol. The topological polar surface area (TPSA) is 30.2 Å². The number of fused-ring (bicyclic) bond motifs is 1. The van der Waals surface area contributed by atoms with Gasteiger partial charge in [-0.15, -0.1) is 0 Å². The van der Waals surface area contributed by atoms with Crippen LogP contribution in [-0.2, 0) is 4.79 Å². The molecule has 0 unspecified atom stereocenters. The van der Waals surface area contributed by atoms with Gasteiger partial charge in [0.05, 0.1) is 0 Å². The summed E-state index contributed by atoms with van der Waals surface area (Å²) in [6.45, 7) is 4.11. The van der Waals surface area contributed by atoms with Gasteiger partial charge in [-0.25, -0.2) is 4.39 Å². The molecule has 0 spiro atoms.